The van der Waals surface area contributed by atoms with Crippen LogP contribution in [0.4, 0.5) is 5.82 Å². The average molecular weight is 327 g/mol. The first-order chi connectivity index (χ1) is 11.5. The van der Waals surface area contributed by atoms with Crippen LogP contribution in [0.1, 0.15) is 48.3 Å². The maximum Gasteiger partial charge on any atom is 0.303 e. The summed E-state index contributed by atoms with van der Waals surface area (Å²) in [6.07, 6.45) is 4.28. The molecule has 24 heavy (non-hydrogen) atoms. The van der Waals surface area contributed by atoms with Crippen LogP contribution in [0.25, 0.3) is 0 Å². The van der Waals surface area contributed by atoms with Gasteiger partial charge in [-0.3, -0.25) is 4.79 Å². The highest BCUT2D eigenvalue weighted by Crippen LogP contribution is 2.33. The zero-order valence-electron chi connectivity index (χ0n) is 13.9. The van der Waals surface area contributed by atoms with E-state index in [1.165, 1.54) is 0 Å². The van der Waals surface area contributed by atoms with E-state index in [-0.39, 0.29) is 12.5 Å². The molecule has 7 heteroatoms. The lowest BCUT2D eigenvalue weighted by Gasteiger charge is -2.25. The first kappa shape index (κ1) is 16.3. The highest BCUT2D eigenvalue weighted by molar-refractivity contribution is 5.66. The predicted octanol–water partition coefficient (Wildman–Crippen LogP) is 2.24. The Morgan fingerprint density at radius 1 is 1.33 bits per heavy atom. The summed E-state index contributed by atoms with van der Waals surface area (Å²) in [5, 5.41) is 8.88. The maximum atomic E-state index is 10.8. The van der Waals surface area contributed by atoms with E-state index < -0.39 is 5.97 Å². The quantitative estimate of drug-likeness (QED) is 0.900. The fourth-order valence-electron chi connectivity index (χ4n) is 3.08. The zero-order chi connectivity index (χ0) is 17.1. The van der Waals surface area contributed by atoms with Crippen LogP contribution in [0.5, 0.6) is 0 Å². The van der Waals surface area contributed by atoms with Gasteiger partial charge in [0, 0.05) is 30.6 Å². The van der Waals surface area contributed by atoms with E-state index in [1.54, 1.807) is 6.20 Å². The van der Waals surface area contributed by atoms with Gasteiger partial charge in [-0.2, -0.15) is 0 Å². The van der Waals surface area contributed by atoms with Crippen LogP contribution in [-0.2, 0) is 11.2 Å². The van der Waals surface area contributed by atoms with Crippen molar-refractivity contribution in [1.29, 1.82) is 0 Å². The molecule has 0 saturated carbocycles. The normalized spacial score (nSPS) is 17.2. The lowest BCUT2D eigenvalue weighted by Crippen LogP contribution is -2.26. The monoisotopic (exact) mass is 327 g/mol. The molecule has 0 unspecified atom stereocenters. The van der Waals surface area contributed by atoms with Gasteiger partial charge in [0.15, 0.2) is 5.82 Å². The molecule has 0 aromatic carbocycles. The van der Waals surface area contributed by atoms with Crippen LogP contribution in [0, 0.1) is 13.8 Å². The van der Waals surface area contributed by atoms with E-state index in [2.05, 4.69) is 24.8 Å². The Morgan fingerprint density at radius 2 is 2.17 bits per heavy atom. The molecule has 1 aliphatic rings. The van der Waals surface area contributed by atoms with Crippen LogP contribution in [0.3, 0.4) is 0 Å². The summed E-state index contributed by atoms with van der Waals surface area (Å²) < 4.78 is 0. The fourth-order valence-corrected chi connectivity index (χ4v) is 3.08. The Kier molecular flexibility index (Phi) is 4.69. The predicted molar refractivity (Wildman–Crippen MR) is 88.8 cm³/mol. The van der Waals surface area contributed by atoms with E-state index in [0.29, 0.717) is 6.42 Å². The first-order valence-electron chi connectivity index (χ1n) is 8.15. The SMILES string of the molecule is Cc1cc(CCC(=O)O)nc([C@@H]2CCCN2c2ccnc(C)n2)n1. The summed E-state index contributed by atoms with van der Waals surface area (Å²) in [5.74, 6) is 1.57. The van der Waals surface area contributed by atoms with Crippen molar-refractivity contribution in [2.24, 2.45) is 0 Å². The number of carboxylic acids is 1. The molecule has 7 nitrogen and oxygen atoms in total. The van der Waals surface area contributed by atoms with Crippen LogP contribution in [0.15, 0.2) is 18.3 Å². The van der Waals surface area contributed by atoms with Crippen molar-refractivity contribution in [3.05, 3.63) is 41.4 Å². The molecular formula is C17H21N5O2. The summed E-state index contributed by atoms with van der Waals surface area (Å²) >= 11 is 0. The van der Waals surface area contributed by atoms with Crippen LogP contribution in [0.2, 0.25) is 0 Å². The Morgan fingerprint density at radius 3 is 2.92 bits per heavy atom. The van der Waals surface area contributed by atoms with E-state index in [1.807, 2.05) is 26.0 Å². The molecule has 126 valence electrons. The number of carboxylic acid groups (broad SMARTS) is 1. The van der Waals surface area contributed by atoms with Gasteiger partial charge >= 0.3 is 5.97 Å². The first-order valence-corrected chi connectivity index (χ1v) is 8.15. The fraction of sp³-hybridized carbons (Fsp3) is 0.471. The maximum absolute atomic E-state index is 10.8. The molecule has 0 radical (unpaired) electrons. The molecule has 0 amide bonds. The molecule has 3 rings (SSSR count). The summed E-state index contributed by atoms with van der Waals surface area (Å²) in [6, 6.07) is 3.84. The van der Waals surface area contributed by atoms with Crippen molar-refractivity contribution in [1.82, 2.24) is 19.9 Å². The molecule has 0 aliphatic carbocycles. The van der Waals surface area contributed by atoms with Gasteiger partial charge in [0.1, 0.15) is 11.6 Å². The zero-order valence-corrected chi connectivity index (χ0v) is 13.9. The number of anilines is 1. The van der Waals surface area contributed by atoms with Crippen LogP contribution in [-0.4, -0.2) is 37.6 Å². The van der Waals surface area contributed by atoms with Gasteiger partial charge in [0.2, 0.25) is 0 Å². The van der Waals surface area contributed by atoms with Gasteiger partial charge in [-0.1, -0.05) is 0 Å². The van der Waals surface area contributed by atoms with Crippen molar-refractivity contribution < 1.29 is 9.90 Å². The third kappa shape index (κ3) is 3.67. The van der Waals surface area contributed by atoms with Crippen molar-refractivity contribution in [2.45, 2.75) is 45.6 Å². The largest absolute Gasteiger partial charge is 0.481 e. The van der Waals surface area contributed by atoms with E-state index in [9.17, 15) is 4.79 Å². The van der Waals surface area contributed by atoms with E-state index >= 15 is 0 Å². The summed E-state index contributed by atoms with van der Waals surface area (Å²) in [6.45, 7) is 4.70. The minimum absolute atomic E-state index is 0.0720. The number of aryl methyl sites for hydroxylation is 3. The Balaban J connectivity index is 1.88. The van der Waals surface area contributed by atoms with Gasteiger partial charge in [0.05, 0.1) is 12.5 Å². The molecule has 3 heterocycles. The molecule has 0 spiro atoms. The van der Waals surface area contributed by atoms with Crippen molar-refractivity contribution in [3.63, 3.8) is 0 Å². The van der Waals surface area contributed by atoms with Gasteiger partial charge < -0.3 is 10.0 Å². The number of aromatic nitrogens is 4. The lowest BCUT2D eigenvalue weighted by molar-refractivity contribution is -0.136. The molecule has 1 fully saturated rings. The minimum atomic E-state index is -0.813. The Hall–Kier alpha value is -2.57. The number of aliphatic carboxylic acids is 1. The van der Waals surface area contributed by atoms with Crippen LogP contribution < -0.4 is 4.90 Å². The second-order valence-electron chi connectivity index (χ2n) is 6.07. The van der Waals surface area contributed by atoms with Crippen LogP contribution >= 0.6 is 0 Å². The molecule has 1 atom stereocenters. The molecule has 1 N–H and O–H groups in total. The van der Waals surface area contributed by atoms with E-state index in [0.717, 1.165) is 48.2 Å². The topological polar surface area (TPSA) is 92.1 Å². The molecule has 2 aromatic heterocycles. The van der Waals surface area contributed by atoms with Gasteiger partial charge in [-0.15, -0.1) is 0 Å². The standard InChI is InChI=1S/C17H21N5O2/c1-11-10-13(5-6-16(23)24)21-17(19-11)14-4-3-9-22(14)15-7-8-18-12(2)20-15/h7-8,10,14H,3-6,9H2,1-2H3,(H,23,24)/t14-/m0/s1. The Bertz CT molecular complexity index is 750. The molecule has 1 saturated heterocycles. The number of carbonyl (C=O) groups is 1. The third-order valence-corrected chi connectivity index (χ3v) is 4.13. The molecule has 0 bridgehead atoms. The van der Waals surface area contributed by atoms with Crippen molar-refractivity contribution >= 4 is 11.8 Å². The minimum Gasteiger partial charge on any atom is -0.481 e. The summed E-state index contributed by atoms with van der Waals surface area (Å²) in [5.41, 5.74) is 1.65. The number of rotatable bonds is 5. The van der Waals surface area contributed by atoms with Gasteiger partial charge in [-0.05, 0) is 38.8 Å². The van der Waals surface area contributed by atoms with Gasteiger partial charge in [0.25, 0.3) is 0 Å². The smallest absolute Gasteiger partial charge is 0.303 e. The molecule has 2 aromatic rings. The van der Waals surface area contributed by atoms with E-state index in [4.69, 9.17) is 5.11 Å². The highest BCUT2D eigenvalue weighted by Gasteiger charge is 2.29. The lowest BCUT2D eigenvalue weighted by atomic mass is 10.1. The van der Waals surface area contributed by atoms with Crippen molar-refractivity contribution in [2.75, 3.05) is 11.4 Å². The number of hydrogen-bond donors (Lipinski definition) is 1. The summed E-state index contributed by atoms with van der Waals surface area (Å²) in [7, 11) is 0. The molecular weight excluding hydrogens is 306 g/mol. The Labute approximate surface area is 140 Å². The average Bonchev–Trinajstić information content (AvgIpc) is 3.02. The second kappa shape index (κ2) is 6.90. The molecule has 1 aliphatic heterocycles. The number of hydrogen-bond acceptors (Lipinski definition) is 6. The third-order valence-electron chi connectivity index (χ3n) is 4.13. The second-order valence-corrected chi connectivity index (χ2v) is 6.07. The van der Waals surface area contributed by atoms with Crippen molar-refractivity contribution in [3.8, 4) is 0 Å². The van der Waals surface area contributed by atoms with Gasteiger partial charge in [-0.25, -0.2) is 19.9 Å². The summed E-state index contributed by atoms with van der Waals surface area (Å²) in [4.78, 5) is 30.9. The highest BCUT2D eigenvalue weighted by atomic mass is 16.4. The number of nitrogens with zero attached hydrogens (tertiary/aromatic N) is 5.